The second kappa shape index (κ2) is 7.48. The van der Waals surface area contributed by atoms with Crippen LogP contribution >= 0.6 is 11.8 Å². The highest BCUT2D eigenvalue weighted by Crippen LogP contribution is 2.21. The average molecular weight is 356 g/mol. The third-order valence-corrected chi connectivity index (χ3v) is 4.57. The van der Waals surface area contributed by atoms with E-state index in [4.69, 9.17) is 10.5 Å². The fourth-order valence-corrected chi connectivity index (χ4v) is 2.81. The monoisotopic (exact) mass is 356 g/mol. The summed E-state index contributed by atoms with van der Waals surface area (Å²) in [5, 5.41) is 4.59. The molecule has 0 aliphatic carbocycles. The lowest BCUT2D eigenvalue weighted by Gasteiger charge is -2.03. The van der Waals surface area contributed by atoms with E-state index in [1.54, 1.807) is 7.11 Å². The second-order valence-electron chi connectivity index (χ2n) is 5.59. The van der Waals surface area contributed by atoms with Crippen molar-refractivity contribution < 1.29 is 9.14 Å². The Balaban J connectivity index is 1.82. The number of rotatable bonds is 5. The van der Waals surface area contributed by atoms with Gasteiger partial charge in [-0.05, 0) is 17.9 Å². The molecule has 25 heavy (non-hydrogen) atoms. The van der Waals surface area contributed by atoms with Gasteiger partial charge in [-0.3, -0.25) is 0 Å². The molecular weight excluding hydrogens is 334 g/mol. The first-order chi connectivity index (χ1) is 12.1. The van der Waals surface area contributed by atoms with Crippen LogP contribution in [-0.4, -0.2) is 23.1 Å². The van der Waals surface area contributed by atoms with Gasteiger partial charge in [0.2, 0.25) is 0 Å². The molecule has 0 fully saturated rings. The Morgan fingerprint density at radius 1 is 1.24 bits per heavy atom. The van der Waals surface area contributed by atoms with Gasteiger partial charge in [-0.25, -0.2) is 4.57 Å². The quantitative estimate of drug-likeness (QED) is 0.318. The summed E-state index contributed by atoms with van der Waals surface area (Å²) >= 11 is 1.42. The molecule has 0 atom stereocenters. The highest BCUT2D eigenvalue weighted by atomic mass is 32.2. The standard InChI is InChI=1S/C18H22N5OS/c1-22-16(12-23-11-15(24-2)8-9-17(22)23)14-6-4-13(5-7-14)10-20-21-18(19)25-3/h4-9,11-12,20H,10H2,1-3H3,(H2,19,21)/q+1. The lowest BCUT2D eigenvalue weighted by Crippen LogP contribution is -2.18. The van der Waals surface area contributed by atoms with Gasteiger partial charge in [0.15, 0.2) is 16.6 Å². The predicted octanol–water partition coefficient (Wildman–Crippen LogP) is 2.12. The topological polar surface area (TPSA) is 68.7 Å². The van der Waals surface area contributed by atoms with Crippen LogP contribution in [0.3, 0.4) is 0 Å². The first-order valence-corrected chi connectivity index (χ1v) is 9.09. The van der Waals surface area contributed by atoms with E-state index in [1.165, 1.54) is 11.8 Å². The van der Waals surface area contributed by atoms with Gasteiger partial charge in [0.25, 0.3) is 5.65 Å². The number of pyridine rings is 1. The zero-order valence-corrected chi connectivity index (χ0v) is 15.4. The lowest BCUT2D eigenvalue weighted by molar-refractivity contribution is -0.510. The van der Waals surface area contributed by atoms with Crippen LogP contribution in [0.2, 0.25) is 0 Å². The number of methoxy groups -OCH3 is 1. The highest BCUT2D eigenvalue weighted by Gasteiger charge is 2.16. The number of aryl methyl sites for hydroxylation is 1. The molecule has 0 radical (unpaired) electrons. The van der Waals surface area contributed by atoms with E-state index in [2.05, 4.69) is 63.1 Å². The maximum atomic E-state index is 5.65. The number of nitrogens with one attached hydrogen (secondary N) is 1. The molecular formula is C18H22N5OS+. The molecule has 130 valence electrons. The second-order valence-corrected chi connectivity index (χ2v) is 6.42. The number of nitrogens with zero attached hydrogens (tertiary/aromatic N) is 3. The van der Waals surface area contributed by atoms with Crippen molar-refractivity contribution in [2.75, 3.05) is 13.4 Å². The van der Waals surface area contributed by atoms with Gasteiger partial charge in [0.05, 0.1) is 20.7 Å². The summed E-state index contributed by atoms with van der Waals surface area (Å²) in [6, 6.07) is 12.4. The number of ether oxygens (including phenoxy) is 1. The molecule has 0 spiro atoms. The third-order valence-electron chi connectivity index (χ3n) is 4.06. The Labute approximate surface area is 151 Å². The van der Waals surface area contributed by atoms with Crippen molar-refractivity contribution in [3.8, 4) is 17.0 Å². The first-order valence-electron chi connectivity index (χ1n) is 7.86. The van der Waals surface area contributed by atoms with Crippen LogP contribution in [-0.2, 0) is 13.6 Å². The van der Waals surface area contributed by atoms with Crippen LogP contribution in [0.4, 0.5) is 0 Å². The number of nitrogens with two attached hydrogens (primary N) is 1. The summed E-state index contributed by atoms with van der Waals surface area (Å²) in [7, 11) is 3.74. The number of amidine groups is 1. The maximum Gasteiger partial charge on any atom is 0.286 e. The van der Waals surface area contributed by atoms with Gasteiger partial charge in [0, 0.05) is 11.6 Å². The smallest absolute Gasteiger partial charge is 0.286 e. The number of hydrogen-bond acceptors (Lipinski definition) is 4. The molecule has 2 aromatic heterocycles. The van der Waals surface area contributed by atoms with Crippen molar-refractivity contribution in [3.05, 3.63) is 54.4 Å². The van der Waals surface area contributed by atoms with Crippen molar-refractivity contribution in [2.24, 2.45) is 17.9 Å². The van der Waals surface area contributed by atoms with E-state index >= 15 is 0 Å². The molecule has 3 aromatic rings. The van der Waals surface area contributed by atoms with E-state index in [0.717, 1.165) is 28.2 Å². The highest BCUT2D eigenvalue weighted by molar-refractivity contribution is 8.13. The molecule has 0 amide bonds. The van der Waals surface area contributed by atoms with Gasteiger partial charge in [0.1, 0.15) is 12.4 Å². The number of hydrogen-bond donors (Lipinski definition) is 2. The Morgan fingerprint density at radius 3 is 2.68 bits per heavy atom. The van der Waals surface area contributed by atoms with E-state index < -0.39 is 0 Å². The number of benzene rings is 1. The molecule has 0 aliphatic rings. The Bertz CT molecular complexity index is 902. The van der Waals surface area contributed by atoms with Crippen LogP contribution in [0.25, 0.3) is 16.9 Å². The molecule has 0 saturated carbocycles. The zero-order chi connectivity index (χ0) is 17.8. The van der Waals surface area contributed by atoms with Crippen LogP contribution in [0.15, 0.2) is 53.9 Å². The maximum absolute atomic E-state index is 5.65. The lowest BCUT2D eigenvalue weighted by atomic mass is 10.1. The molecule has 2 heterocycles. The Morgan fingerprint density at radius 2 is 2.00 bits per heavy atom. The van der Waals surface area contributed by atoms with Gasteiger partial charge < -0.3 is 15.9 Å². The summed E-state index contributed by atoms with van der Waals surface area (Å²) in [6.45, 7) is 0.641. The number of fused-ring (bicyclic) bond motifs is 1. The molecule has 7 heteroatoms. The summed E-state index contributed by atoms with van der Waals surface area (Å²) in [5.41, 5.74) is 13.2. The van der Waals surface area contributed by atoms with Crippen molar-refractivity contribution >= 4 is 22.6 Å². The predicted molar refractivity (Wildman–Crippen MR) is 103 cm³/mol. The largest absolute Gasteiger partial charge is 0.493 e. The van der Waals surface area contributed by atoms with Gasteiger partial charge in [-0.2, -0.15) is 9.50 Å². The minimum Gasteiger partial charge on any atom is -0.493 e. The SMILES string of the molecule is COc1ccc2n(C)c(-c3ccc(CNN=C(N)SC)cc3)c[n+]2c1. The molecule has 0 unspecified atom stereocenters. The van der Waals surface area contributed by atoms with Crippen LogP contribution in [0.5, 0.6) is 5.75 Å². The number of imidazole rings is 1. The molecule has 6 nitrogen and oxygen atoms in total. The van der Waals surface area contributed by atoms with Crippen molar-refractivity contribution in [3.63, 3.8) is 0 Å². The number of thioether (sulfide) groups is 1. The summed E-state index contributed by atoms with van der Waals surface area (Å²) in [6.07, 6.45) is 5.98. The minimum absolute atomic E-state index is 0.527. The zero-order valence-electron chi connectivity index (χ0n) is 14.6. The first kappa shape index (κ1) is 17.2. The van der Waals surface area contributed by atoms with E-state index in [-0.39, 0.29) is 0 Å². The molecule has 3 N–H and O–H groups in total. The molecule has 1 aromatic carbocycles. The van der Waals surface area contributed by atoms with Gasteiger partial charge >= 0.3 is 0 Å². The van der Waals surface area contributed by atoms with Crippen LogP contribution in [0, 0.1) is 0 Å². The van der Waals surface area contributed by atoms with E-state index in [1.807, 2.05) is 18.5 Å². The van der Waals surface area contributed by atoms with E-state index in [0.29, 0.717) is 11.7 Å². The van der Waals surface area contributed by atoms with E-state index in [9.17, 15) is 0 Å². The van der Waals surface area contributed by atoms with Gasteiger partial charge in [-0.1, -0.05) is 36.0 Å². The van der Waals surface area contributed by atoms with Crippen LogP contribution in [0.1, 0.15) is 5.56 Å². The molecule has 3 rings (SSSR count). The fourth-order valence-electron chi connectivity index (χ4n) is 2.66. The van der Waals surface area contributed by atoms with Crippen molar-refractivity contribution in [1.29, 1.82) is 0 Å². The van der Waals surface area contributed by atoms with Gasteiger partial charge in [-0.15, -0.1) is 0 Å². The summed E-state index contributed by atoms with van der Waals surface area (Å²) in [4.78, 5) is 0. The normalized spacial score (nSPS) is 11.7. The fraction of sp³-hybridized carbons (Fsp3) is 0.222. The van der Waals surface area contributed by atoms with Crippen molar-refractivity contribution in [1.82, 2.24) is 9.99 Å². The molecule has 0 bridgehead atoms. The molecule has 0 saturated heterocycles. The number of hydrazone groups is 1. The van der Waals surface area contributed by atoms with Crippen LogP contribution < -0.4 is 20.3 Å². The Hall–Kier alpha value is -2.67. The third kappa shape index (κ3) is 3.71. The minimum atomic E-state index is 0.527. The summed E-state index contributed by atoms with van der Waals surface area (Å²) < 4.78 is 9.53. The summed E-state index contributed by atoms with van der Waals surface area (Å²) in [5.74, 6) is 0.834. The average Bonchev–Trinajstić information content (AvgIpc) is 2.98. The Kier molecular flexibility index (Phi) is 5.14. The van der Waals surface area contributed by atoms with Crippen molar-refractivity contribution in [2.45, 2.75) is 6.54 Å². The number of aromatic nitrogens is 2. The molecule has 0 aliphatic heterocycles.